The Morgan fingerprint density at radius 3 is 2.83 bits per heavy atom. The molecule has 0 spiro atoms. The summed E-state index contributed by atoms with van der Waals surface area (Å²) < 4.78 is 5.60. The van der Waals surface area contributed by atoms with Crippen molar-refractivity contribution in [2.75, 3.05) is 6.54 Å². The number of hydrogen-bond donors (Lipinski definition) is 0. The smallest absolute Gasteiger partial charge is 0.273 e. The van der Waals surface area contributed by atoms with Crippen LogP contribution in [0.2, 0.25) is 0 Å². The topological polar surface area (TPSA) is 46.3 Å². The van der Waals surface area contributed by atoms with E-state index in [0.29, 0.717) is 5.69 Å². The molecule has 1 aliphatic heterocycles. The number of para-hydroxylation sites is 1. The number of carbonyl (C=O) groups is 1. The first kappa shape index (κ1) is 14.9. The van der Waals surface area contributed by atoms with Crippen LogP contribution >= 0.6 is 0 Å². The van der Waals surface area contributed by atoms with Gasteiger partial charge in [-0.25, -0.2) is 4.98 Å². The molecule has 24 heavy (non-hydrogen) atoms. The second kappa shape index (κ2) is 6.48. The van der Waals surface area contributed by atoms with Crippen molar-refractivity contribution < 1.29 is 9.21 Å². The summed E-state index contributed by atoms with van der Waals surface area (Å²) in [6.07, 6.45) is 5.90. The van der Waals surface area contributed by atoms with Gasteiger partial charge in [0.15, 0.2) is 0 Å². The molecule has 0 radical (unpaired) electrons. The fourth-order valence-electron chi connectivity index (χ4n) is 3.46. The van der Waals surface area contributed by atoms with Crippen molar-refractivity contribution in [1.82, 2.24) is 9.88 Å². The van der Waals surface area contributed by atoms with Crippen molar-refractivity contribution in [3.05, 3.63) is 66.2 Å². The van der Waals surface area contributed by atoms with Crippen LogP contribution in [0.3, 0.4) is 0 Å². The second-order valence-electron chi connectivity index (χ2n) is 6.27. The zero-order chi connectivity index (χ0) is 16.4. The third-order valence-electron chi connectivity index (χ3n) is 4.70. The zero-order valence-corrected chi connectivity index (χ0v) is 13.5. The Bertz CT molecular complexity index is 842. The highest BCUT2D eigenvalue weighted by atomic mass is 16.3. The van der Waals surface area contributed by atoms with Gasteiger partial charge in [-0.15, -0.1) is 0 Å². The van der Waals surface area contributed by atoms with Gasteiger partial charge >= 0.3 is 0 Å². The minimum Gasteiger partial charge on any atom is -0.467 e. The molecule has 3 aromatic rings. The summed E-state index contributed by atoms with van der Waals surface area (Å²) in [5, 5.41) is 1.05. The SMILES string of the molecule is O=C(c1ccc2ccccc2n1)N1CCCCC[C@@H]1c1ccco1. The molecule has 1 aliphatic rings. The van der Waals surface area contributed by atoms with E-state index in [1.165, 1.54) is 0 Å². The van der Waals surface area contributed by atoms with Gasteiger partial charge in [-0.3, -0.25) is 4.79 Å². The molecule has 4 nitrogen and oxygen atoms in total. The average molecular weight is 320 g/mol. The van der Waals surface area contributed by atoms with Crippen LogP contribution in [-0.2, 0) is 0 Å². The number of rotatable bonds is 2. The molecule has 0 saturated carbocycles. The molecular weight excluding hydrogens is 300 g/mol. The fraction of sp³-hybridized carbons (Fsp3) is 0.300. The maximum atomic E-state index is 13.1. The number of fused-ring (bicyclic) bond motifs is 1. The molecule has 2 aromatic heterocycles. The first-order valence-corrected chi connectivity index (χ1v) is 8.53. The average Bonchev–Trinajstić information content (AvgIpc) is 3.05. The van der Waals surface area contributed by atoms with Gasteiger partial charge in [0.2, 0.25) is 0 Å². The molecule has 0 unspecified atom stereocenters. The second-order valence-corrected chi connectivity index (χ2v) is 6.27. The van der Waals surface area contributed by atoms with Crippen LogP contribution in [0.4, 0.5) is 0 Å². The maximum Gasteiger partial charge on any atom is 0.273 e. The molecule has 4 rings (SSSR count). The van der Waals surface area contributed by atoms with E-state index in [4.69, 9.17) is 4.42 Å². The Morgan fingerprint density at radius 1 is 1.04 bits per heavy atom. The maximum absolute atomic E-state index is 13.1. The molecule has 3 heterocycles. The third kappa shape index (κ3) is 2.80. The molecule has 0 bridgehead atoms. The first-order valence-electron chi connectivity index (χ1n) is 8.53. The monoisotopic (exact) mass is 320 g/mol. The van der Waals surface area contributed by atoms with Crippen LogP contribution in [-0.4, -0.2) is 22.3 Å². The highest BCUT2D eigenvalue weighted by molar-refractivity contribution is 5.95. The van der Waals surface area contributed by atoms with E-state index in [2.05, 4.69) is 4.98 Å². The van der Waals surface area contributed by atoms with Gasteiger partial charge < -0.3 is 9.32 Å². The quantitative estimate of drug-likeness (QED) is 0.694. The molecule has 1 aromatic carbocycles. The van der Waals surface area contributed by atoms with Gasteiger partial charge in [0, 0.05) is 11.9 Å². The Balaban J connectivity index is 1.69. The number of aromatic nitrogens is 1. The third-order valence-corrected chi connectivity index (χ3v) is 4.70. The standard InChI is InChI=1S/C20H20N2O2/c23-20(17-12-11-15-7-3-4-8-16(15)21-17)22-13-5-1-2-9-18(22)19-10-6-14-24-19/h3-4,6-8,10-12,14,18H,1-2,5,9,13H2/t18-/m1/s1. The summed E-state index contributed by atoms with van der Waals surface area (Å²) >= 11 is 0. The Kier molecular flexibility index (Phi) is 4.03. The lowest BCUT2D eigenvalue weighted by Gasteiger charge is -2.28. The van der Waals surface area contributed by atoms with Gasteiger partial charge in [0.05, 0.1) is 17.8 Å². The molecule has 0 aliphatic carbocycles. The van der Waals surface area contributed by atoms with Gasteiger partial charge in [0.25, 0.3) is 5.91 Å². The summed E-state index contributed by atoms with van der Waals surface area (Å²) in [7, 11) is 0. The lowest BCUT2D eigenvalue weighted by atomic mass is 10.1. The lowest BCUT2D eigenvalue weighted by Crippen LogP contribution is -2.35. The number of carbonyl (C=O) groups excluding carboxylic acids is 1. The highest BCUT2D eigenvalue weighted by Crippen LogP contribution is 2.31. The Hall–Kier alpha value is -2.62. The summed E-state index contributed by atoms with van der Waals surface area (Å²) in [5.74, 6) is 0.857. The molecular formula is C20H20N2O2. The van der Waals surface area contributed by atoms with Crippen molar-refractivity contribution in [1.29, 1.82) is 0 Å². The Labute approximate surface area is 141 Å². The van der Waals surface area contributed by atoms with Crippen LogP contribution in [0, 0.1) is 0 Å². The minimum absolute atomic E-state index is 0.00303. The van der Waals surface area contributed by atoms with E-state index >= 15 is 0 Å². The van der Waals surface area contributed by atoms with Crippen LogP contribution in [0.25, 0.3) is 10.9 Å². The predicted octanol–water partition coefficient (Wildman–Crippen LogP) is 4.59. The normalized spacial score (nSPS) is 18.5. The minimum atomic E-state index is -0.0101. The van der Waals surface area contributed by atoms with Gasteiger partial charge in [-0.05, 0) is 37.1 Å². The summed E-state index contributed by atoms with van der Waals surface area (Å²) in [6.45, 7) is 0.749. The Morgan fingerprint density at radius 2 is 1.96 bits per heavy atom. The number of furan rings is 1. The van der Waals surface area contributed by atoms with E-state index in [0.717, 1.165) is 48.9 Å². The number of hydrogen-bond acceptors (Lipinski definition) is 3. The van der Waals surface area contributed by atoms with Crippen LogP contribution in [0.15, 0.2) is 59.2 Å². The predicted molar refractivity (Wildman–Crippen MR) is 92.7 cm³/mol. The lowest BCUT2D eigenvalue weighted by molar-refractivity contribution is 0.0653. The van der Waals surface area contributed by atoms with Crippen LogP contribution < -0.4 is 0 Å². The van der Waals surface area contributed by atoms with E-state index in [9.17, 15) is 4.79 Å². The summed E-state index contributed by atoms with van der Waals surface area (Å²) in [6, 6.07) is 15.5. The molecule has 1 atom stereocenters. The number of likely N-dealkylation sites (tertiary alicyclic amines) is 1. The van der Waals surface area contributed by atoms with E-state index < -0.39 is 0 Å². The summed E-state index contributed by atoms with van der Waals surface area (Å²) in [5.41, 5.74) is 1.36. The number of pyridine rings is 1. The van der Waals surface area contributed by atoms with Crippen molar-refractivity contribution in [2.24, 2.45) is 0 Å². The fourth-order valence-corrected chi connectivity index (χ4v) is 3.46. The van der Waals surface area contributed by atoms with E-state index in [-0.39, 0.29) is 11.9 Å². The van der Waals surface area contributed by atoms with Gasteiger partial charge in [-0.2, -0.15) is 0 Å². The first-order chi connectivity index (χ1) is 11.8. The molecule has 1 saturated heterocycles. The number of benzene rings is 1. The summed E-state index contributed by atoms with van der Waals surface area (Å²) in [4.78, 5) is 19.6. The van der Waals surface area contributed by atoms with Crippen LogP contribution in [0.5, 0.6) is 0 Å². The van der Waals surface area contributed by atoms with Crippen molar-refractivity contribution in [3.8, 4) is 0 Å². The molecule has 4 heteroatoms. The largest absolute Gasteiger partial charge is 0.467 e. The van der Waals surface area contributed by atoms with Gasteiger partial charge in [0.1, 0.15) is 11.5 Å². The van der Waals surface area contributed by atoms with Crippen molar-refractivity contribution in [2.45, 2.75) is 31.7 Å². The van der Waals surface area contributed by atoms with E-state index in [1.807, 2.05) is 53.4 Å². The van der Waals surface area contributed by atoms with E-state index in [1.54, 1.807) is 6.26 Å². The molecule has 1 amide bonds. The van der Waals surface area contributed by atoms with Crippen molar-refractivity contribution in [3.63, 3.8) is 0 Å². The number of amides is 1. The molecule has 122 valence electrons. The molecule has 1 fully saturated rings. The highest BCUT2D eigenvalue weighted by Gasteiger charge is 2.29. The van der Waals surface area contributed by atoms with Crippen LogP contribution in [0.1, 0.15) is 48.0 Å². The molecule has 0 N–H and O–H groups in total. The van der Waals surface area contributed by atoms with Gasteiger partial charge in [-0.1, -0.05) is 37.1 Å². The van der Waals surface area contributed by atoms with Crippen molar-refractivity contribution >= 4 is 16.8 Å². The zero-order valence-electron chi connectivity index (χ0n) is 13.5. The number of nitrogens with zero attached hydrogens (tertiary/aromatic N) is 2.